The minimum atomic E-state index is -3.52. The molecule has 3 aromatic carbocycles. The Hall–Kier alpha value is -3.03. The van der Waals surface area contributed by atoms with Gasteiger partial charge in [-0.1, -0.05) is 41.9 Å². The van der Waals surface area contributed by atoms with Crippen LogP contribution >= 0.6 is 11.6 Å². The number of piperidine rings is 1. The quantitative estimate of drug-likeness (QED) is 0.450. The Bertz CT molecular complexity index is 1260. The van der Waals surface area contributed by atoms with Crippen LogP contribution in [-0.4, -0.2) is 33.7 Å². The van der Waals surface area contributed by atoms with Crippen LogP contribution in [0.3, 0.4) is 0 Å². The fourth-order valence-corrected chi connectivity index (χ4v) is 5.28. The second-order valence-corrected chi connectivity index (χ2v) is 11.2. The Morgan fingerprint density at radius 1 is 0.943 bits per heavy atom. The summed E-state index contributed by atoms with van der Waals surface area (Å²) in [5.41, 5.74) is 4.05. The van der Waals surface area contributed by atoms with Crippen LogP contribution in [0.15, 0.2) is 72.8 Å². The monoisotopic (exact) mass is 511 g/mol. The predicted octanol–water partition coefficient (Wildman–Crippen LogP) is 5.23. The standard InChI is InChI=1S/C27H30ClN3O3S/c1-35(33,34)31(26-7-5-6-24(28)18-26)20-22-8-12-23(13-9-22)27(32)29-19-21-10-14-25(15-11-21)30-16-3-2-4-17-30/h5-15,18H,2-4,16-17,19-20H2,1H3,(H,29,32). The molecule has 0 spiro atoms. The van der Waals surface area contributed by atoms with E-state index in [1.165, 1.54) is 29.3 Å². The SMILES string of the molecule is CS(=O)(=O)N(Cc1ccc(C(=O)NCc2ccc(N3CCCCC3)cc2)cc1)c1cccc(Cl)c1. The van der Waals surface area contributed by atoms with Gasteiger partial charge >= 0.3 is 0 Å². The molecular weight excluding hydrogens is 482 g/mol. The minimum Gasteiger partial charge on any atom is -0.372 e. The second-order valence-electron chi connectivity index (χ2n) is 8.84. The third kappa shape index (κ3) is 6.77. The van der Waals surface area contributed by atoms with Crippen molar-refractivity contribution < 1.29 is 13.2 Å². The number of amides is 1. The second kappa shape index (κ2) is 11.1. The van der Waals surface area contributed by atoms with Crippen molar-refractivity contribution in [3.8, 4) is 0 Å². The van der Waals surface area contributed by atoms with E-state index in [9.17, 15) is 13.2 Å². The van der Waals surface area contributed by atoms with Gasteiger partial charge in [0, 0.05) is 35.9 Å². The highest BCUT2D eigenvalue weighted by atomic mass is 35.5. The Kier molecular flexibility index (Phi) is 7.98. The Labute approximate surface area is 212 Å². The van der Waals surface area contributed by atoms with Gasteiger partial charge in [-0.2, -0.15) is 0 Å². The summed E-state index contributed by atoms with van der Waals surface area (Å²) in [6, 6.07) is 22.0. The summed E-state index contributed by atoms with van der Waals surface area (Å²) in [4.78, 5) is 15.1. The zero-order valence-corrected chi connectivity index (χ0v) is 21.4. The van der Waals surface area contributed by atoms with Gasteiger partial charge in [0.15, 0.2) is 0 Å². The van der Waals surface area contributed by atoms with E-state index < -0.39 is 10.0 Å². The van der Waals surface area contributed by atoms with Gasteiger partial charge in [0.25, 0.3) is 5.91 Å². The first-order chi connectivity index (χ1) is 16.8. The minimum absolute atomic E-state index is 0.143. The number of carbonyl (C=O) groups is 1. The summed E-state index contributed by atoms with van der Waals surface area (Å²) >= 11 is 6.05. The number of halogens is 1. The lowest BCUT2D eigenvalue weighted by Crippen LogP contribution is -2.29. The van der Waals surface area contributed by atoms with Crippen LogP contribution in [0.4, 0.5) is 11.4 Å². The van der Waals surface area contributed by atoms with Gasteiger partial charge in [0.1, 0.15) is 0 Å². The molecule has 1 amide bonds. The lowest BCUT2D eigenvalue weighted by atomic mass is 10.1. The number of rotatable bonds is 8. The molecule has 6 nitrogen and oxygen atoms in total. The van der Waals surface area contributed by atoms with Gasteiger partial charge in [0.2, 0.25) is 10.0 Å². The molecule has 1 heterocycles. The van der Waals surface area contributed by atoms with Crippen molar-refractivity contribution in [1.82, 2.24) is 5.32 Å². The summed E-state index contributed by atoms with van der Waals surface area (Å²) < 4.78 is 26.0. The molecule has 1 N–H and O–H groups in total. The van der Waals surface area contributed by atoms with Crippen LogP contribution in [0.2, 0.25) is 5.02 Å². The number of benzene rings is 3. The molecule has 4 rings (SSSR count). The molecule has 1 fully saturated rings. The van der Waals surface area contributed by atoms with Crippen molar-refractivity contribution in [1.29, 1.82) is 0 Å². The summed E-state index contributed by atoms with van der Waals surface area (Å²) in [6.45, 7) is 2.79. The number of hydrogen-bond donors (Lipinski definition) is 1. The van der Waals surface area contributed by atoms with Gasteiger partial charge < -0.3 is 10.2 Å². The number of anilines is 2. The van der Waals surface area contributed by atoms with Crippen LogP contribution in [0.25, 0.3) is 0 Å². The summed E-state index contributed by atoms with van der Waals surface area (Å²) in [5.74, 6) is -0.175. The number of nitrogens with zero attached hydrogens (tertiary/aromatic N) is 2. The Morgan fingerprint density at radius 2 is 1.60 bits per heavy atom. The molecule has 1 aliphatic heterocycles. The molecule has 1 saturated heterocycles. The van der Waals surface area contributed by atoms with Crippen LogP contribution in [0.5, 0.6) is 0 Å². The molecule has 0 bridgehead atoms. The van der Waals surface area contributed by atoms with E-state index in [2.05, 4.69) is 34.5 Å². The molecule has 1 aliphatic rings. The fourth-order valence-electron chi connectivity index (χ4n) is 4.22. The van der Waals surface area contributed by atoms with Gasteiger partial charge in [0.05, 0.1) is 18.5 Å². The largest absolute Gasteiger partial charge is 0.372 e. The highest BCUT2D eigenvalue weighted by molar-refractivity contribution is 7.92. The van der Waals surface area contributed by atoms with Crippen LogP contribution in [0.1, 0.15) is 40.7 Å². The predicted molar refractivity (Wildman–Crippen MR) is 143 cm³/mol. The molecule has 0 unspecified atom stereocenters. The van der Waals surface area contributed by atoms with Crippen molar-refractivity contribution in [2.45, 2.75) is 32.4 Å². The summed E-state index contributed by atoms with van der Waals surface area (Å²) in [7, 11) is -3.52. The van der Waals surface area contributed by atoms with Crippen LogP contribution in [0, 0.1) is 0 Å². The van der Waals surface area contributed by atoms with Crippen LogP contribution in [-0.2, 0) is 23.1 Å². The first-order valence-corrected chi connectivity index (χ1v) is 14.0. The summed E-state index contributed by atoms with van der Waals surface area (Å²) in [6.07, 6.45) is 4.95. The van der Waals surface area contributed by atoms with Crippen molar-refractivity contribution in [3.05, 3.63) is 94.5 Å². The summed E-state index contributed by atoms with van der Waals surface area (Å²) in [5, 5.41) is 3.42. The molecule has 3 aromatic rings. The molecule has 0 atom stereocenters. The van der Waals surface area contributed by atoms with Crippen molar-refractivity contribution in [2.24, 2.45) is 0 Å². The number of sulfonamides is 1. The maximum Gasteiger partial charge on any atom is 0.251 e. The average molecular weight is 512 g/mol. The van der Waals surface area contributed by atoms with Gasteiger partial charge in [-0.05, 0) is 72.9 Å². The molecule has 0 radical (unpaired) electrons. The van der Waals surface area contributed by atoms with E-state index in [1.807, 2.05) is 0 Å². The maximum absolute atomic E-state index is 12.6. The number of nitrogens with one attached hydrogen (secondary N) is 1. The first kappa shape index (κ1) is 25.1. The topological polar surface area (TPSA) is 69.7 Å². The van der Waals surface area contributed by atoms with E-state index in [0.29, 0.717) is 22.8 Å². The smallest absolute Gasteiger partial charge is 0.251 e. The van der Waals surface area contributed by atoms with Gasteiger partial charge in [-0.25, -0.2) is 8.42 Å². The first-order valence-electron chi connectivity index (χ1n) is 11.7. The number of carbonyl (C=O) groups excluding carboxylic acids is 1. The highest BCUT2D eigenvalue weighted by Crippen LogP contribution is 2.24. The highest BCUT2D eigenvalue weighted by Gasteiger charge is 2.18. The molecule has 0 saturated carbocycles. The van der Waals surface area contributed by atoms with Crippen molar-refractivity contribution in [2.75, 3.05) is 28.6 Å². The Morgan fingerprint density at radius 3 is 2.23 bits per heavy atom. The van der Waals surface area contributed by atoms with Crippen LogP contribution < -0.4 is 14.5 Å². The van der Waals surface area contributed by atoms with Crippen molar-refractivity contribution >= 4 is 38.9 Å². The van der Waals surface area contributed by atoms with E-state index >= 15 is 0 Å². The molecule has 0 aliphatic carbocycles. The lowest BCUT2D eigenvalue weighted by Gasteiger charge is -2.28. The Balaban J connectivity index is 1.36. The molecule has 8 heteroatoms. The van der Waals surface area contributed by atoms with E-state index in [4.69, 9.17) is 11.6 Å². The van der Waals surface area contributed by atoms with E-state index in [0.717, 1.165) is 30.5 Å². The van der Waals surface area contributed by atoms with Gasteiger partial charge in [-0.3, -0.25) is 9.10 Å². The molecule has 0 aromatic heterocycles. The normalized spacial score (nSPS) is 13.9. The fraction of sp³-hybridized carbons (Fsp3) is 0.296. The third-order valence-electron chi connectivity index (χ3n) is 6.15. The number of hydrogen-bond acceptors (Lipinski definition) is 4. The van der Waals surface area contributed by atoms with E-state index in [1.54, 1.807) is 48.5 Å². The third-order valence-corrected chi connectivity index (χ3v) is 7.53. The van der Waals surface area contributed by atoms with Crippen molar-refractivity contribution in [3.63, 3.8) is 0 Å². The molecular formula is C27H30ClN3O3S. The van der Waals surface area contributed by atoms with Gasteiger partial charge in [-0.15, -0.1) is 0 Å². The molecule has 184 valence electrons. The molecule has 35 heavy (non-hydrogen) atoms. The van der Waals surface area contributed by atoms with E-state index in [-0.39, 0.29) is 12.5 Å². The zero-order valence-electron chi connectivity index (χ0n) is 19.8. The lowest BCUT2D eigenvalue weighted by molar-refractivity contribution is 0.0951. The zero-order chi connectivity index (χ0) is 24.8. The average Bonchev–Trinajstić information content (AvgIpc) is 2.86. The maximum atomic E-state index is 12.6.